The molecule has 4 nitrogen and oxygen atoms in total. The van der Waals surface area contributed by atoms with Gasteiger partial charge in [-0.25, -0.2) is 0 Å². The van der Waals surface area contributed by atoms with E-state index in [1.807, 2.05) is 23.6 Å². The van der Waals surface area contributed by atoms with Gasteiger partial charge in [-0.15, -0.1) is 11.3 Å². The van der Waals surface area contributed by atoms with E-state index in [4.69, 9.17) is 13.9 Å². The summed E-state index contributed by atoms with van der Waals surface area (Å²) in [7, 11) is 3.35. The third-order valence-corrected chi connectivity index (χ3v) is 3.76. The molecule has 0 aliphatic rings. The Morgan fingerprint density at radius 3 is 2.84 bits per heavy atom. The van der Waals surface area contributed by atoms with Gasteiger partial charge in [0, 0.05) is 7.11 Å². The molecule has 5 heteroatoms. The molecule has 2 rings (SSSR count). The molecule has 0 spiro atoms. The van der Waals surface area contributed by atoms with Crippen LogP contribution >= 0.6 is 11.3 Å². The van der Waals surface area contributed by atoms with Crippen molar-refractivity contribution in [1.82, 2.24) is 5.32 Å². The highest BCUT2D eigenvalue weighted by molar-refractivity contribution is 7.10. The van der Waals surface area contributed by atoms with Gasteiger partial charge in [-0.2, -0.15) is 0 Å². The molecule has 0 saturated heterocycles. The largest absolute Gasteiger partial charge is 0.496 e. The van der Waals surface area contributed by atoms with Crippen LogP contribution in [-0.4, -0.2) is 20.8 Å². The fraction of sp³-hybridized carbons (Fsp3) is 0.429. The first-order chi connectivity index (χ1) is 9.30. The minimum Gasteiger partial charge on any atom is -0.496 e. The van der Waals surface area contributed by atoms with Gasteiger partial charge in [0.2, 0.25) is 0 Å². The molecule has 2 heterocycles. The van der Waals surface area contributed by atoms with Crippen LogP contribution in [0.4, 0.5) is 0 Å². The number of methoxy groups -OCH3 is 2. The number of furan rings is 1. The normalized spacial score (nSPS) is 12.6. The Kier molecular flexibility index (Phi) is 5.01. The summed E-state index contributed by atoms with van der Waals surface area (Å²) >= 11 is 1.66. The van der Waals surface area contributed by atoms with Crippen LogP contribution in [-0.2, 0) is 11.3 Å². The van der Waals surface area contributed by atoms with Crippen molar-refractivity contribution in [1.29, 1.82) is 0 Å². The summed E-state index contributed by atoms with van der Waals surface area (Å²) in [5, 5.41) is 5.45. The van der Waals surface area contributed by atoms with Crippen molar-refractivity contribution in [3.05, 3.63) is 40.0 Å². The molecule has 2 aromatic heterocycles. The number of nitrogens with one attached hydrogen (secondary N) is 1. The van der Waals surface area contributed by atoms with Crippen molar-refractivity contribution in [2.75, 3.05) is 20.8 Å². The Bertz CT molecular complexity index is 506. The van der Waals surface area contributed by atoms with E-state index in [-0.39, 0.29) is 6.04 Å². The summed E-state index contributed by atoms with van der Waals surface area (Å²) in [6.45, 7) is 3.42. The van der Waals surface area contributed by atoms with Crippen LogP contribution in [0, 0.1) is 0 Å². The van der Waals surface area contributed by atoms with E-state index >= 15 is 0 Å². The zero-order valence-corrected chi connectivity index (χ0v) is 12.3. The van der Waals surface area contributed by atoms with Gasteiger partial charge in [-0.3, -0.25) is 0 Å². The van der Waals surface area contributed by atoms with E-state index in [1.54, 1.807) is 25.6 Å². The molecular formula is C14H19NO3S. The van der Waals surface area contributed by atoms with Crippen LogP contribution in [0.1, 0.15) is 29.4 Å². The van der Waals surface area contributed by atoms with E-state index in [0.717, 1.165) is 28.7 Å². The molecule has 0 aromatic carbocycles. The van der Waals surface area contributed by atoms with Gasteiger partial charge < -0.3 is 19.2 Å². The molecule has 0 bridgehead atoms. The maximum Gasteiger partial charge on any atom is 0.134 e. The predicted molar refractivity (Wildman–Crippen MR) is 75.8 cm³/mol. The molecule has 2 aromatic rings. The summed E-state index contributed by atoms with van der Waals surface area (Å²) in [5.74, 6) is 2.60. The van der Waals surface area contributed by atoms with Gasteiger partial charge in [0.25, 0.3) is 0 Å². The quantitative estimate of drug-likeness (QED) is 0.846. The van der Waals surface area contributed by atoms with Crippen LogP contribution in [0.2, 0.25) is 0 Å². The second kappa shape index (κ2) is 6.75. The Hall–Kier alpha value is -1.30. The van der Waals surface area contributed by atoms with Crippen molar-refractivity contribution in [3.63, 3.8) is 0 Å². The third kappa shape index (κ3) is 3.18. The topological polar surface area (TPSA) is 43.6 Å². The Labute approximate surface area is 117 Å². The monoisotopic (exact) mass is 281 g/mol. The zero-order chi connectivity index (χ0) is 13.7. The van der Waals surface area contributed by atoms with E-state index < -0.39 is 0 Å². The number of hydrogen-bond acceptors (Lipinski definition) is 5. The number of rotatable bonds is 7. The van der Waals surface area contributed by atoms with Gasteiger partial charge in [0.05, 0.1) is 12.0 Å². The second-order valence-corrected chi connectivity index (χ2v) is 5.03. The van der Waals surface area contributed by atoms with Gasteiger partial charge in [0.15, 0.2) is 0 Å². The van der Waals surface area contributed by atoms with E-state index in [9.17, 15) is 0 Å². The van der Waals surface area contributed by atoms with Crippen molar-refractivity contribution in [2.24, 2.45) is 0 Å². The van der Waals surface area contributed by atoms with Crippen molar-refractivity contribution >= 4 is 11.3 Å². The maximum atomic E-state index is 5.83. The molecular weight excluding hydrogens is 262 g/mol. The van der Waals surface area contributed by atoms with Gasteiger partial charge in [-0.1, -0.05) is 6.92 Å². The lowest BCUT2D eigenvalue weighted by molar-refractivity contribution is 0.162. The van der Waals surface area contributed by atoms with Crippen LogP contribution < -0.4 is 10.1 Å². The molecule has 19 heavy (non-hydrogen) atoms. The highest BCUT2D eigenvalue weighted by Crippen LogP contribution is 2.35. The number of thiophene rings is 1. The molecule has 0 saturated carbocycles. The Morgan fingerprint density at radius 1 is 1.32 bits per heavy atom. The minimum atomic E-state index is 0.0190. The SMILES string of the molecule is CCNC(c1ccc(COC)o1)c1sccc1OC. The lowest BCUT2D eigenvalue weighted by atomic mass is 10.1. The Balaban J connectivity index is 2.28. The smallest absolute Gasteiger partial charge is 0.134 e. The first-order valence-corrected chi connectivity index (χ1v) is 7.10. The van der Waals surface area contributed by atoms with Crippen molar-refractivity contribution in [3.8, 4) is 5.75 Å². The molecule has 0 radical (unpaired) electrons. The van der Waals surface area contributed by atoms with E-state index in [2.05, 4.69) is 12.2 Å². The lowest BCUT2D eigenvalue weighted by Crippen LogP contribution is -2.21. The molecule has 1 N–H and O–H groups in total. The summed E-state index contributed by atoms with van der Waals surface area (Å²) < 4.78 is 16.3. The number of ether oxygens (including phenoxy) is 2. The average molecular weight is 281 g/mol. The van der Waals surface area contributed by atoms with Gasteiger partial charge in [0.1, 0.15) is 29.9 Å². The first kappa shape index (κ1) is 14.1. The van der Waals surface area contributed by atoms with E-state index in [1.165, 1.54) is 0 Å². The van der Waals surface area contributed by atoms with Crippen LogP contribution in [0.25, 0.3) is 0 Å². The zero-order valence-electron chi connectivity index (χ0n) is 11.4. The minimum absolute atomic E-state index is 0.0190. The summed E-state index contributed by atoms with van der Waals surface area (Å²) in [6.07, 6.45) is 0. The standard InChI is InChI=1S/C14H19NO3S/c1-4-15-13(14-12(17-3)7-8-19-14)11-6-5-10(18-11)9-16-2/h5-8,13,15H,4,9H2,1-3H3. The highest BCUT2D eigenvalue weighted by atomic mass is 32.1. The number of hydrogen-bond donors (Lipinski definition) is 1. The fourth-order valence-corrected chi connectivity index (χ4v) is 2.93. The molecule has 1 atom stereocenters. The van der Waals surface area contributed by atoms with Crippen LogP contribution in [0.3, 0.4) is 0 Å². The molecule has 104 valence electrons. The molecule has 0 amide bonds. The average Bonchev–Trinajstić information content (AvgIpc) is 3.05. The second-order valence-electron chi connectivity index (χ2n) is 4.08. The first-order valence-electron chi connectivity index (χ1n) is 6.22. The fourth-order valence-electron chi connectivity index (χ4n) is 1.98. The molecule has 0 aliphatic carbocycles. The maximum absolute atomic E-state index is 5.83. The van der Waals surface area contributed by atoms with Gasteiger partial charge in [-0.05, 0) is 30.1 Å². The lowest BCUT2D eigenvalue weighted by Gasteiger charge is -2.15. The molecule has 0 fully saturated rings. The summed E-state index contributed by atoms with van der Waals surface area (Å²) in [5.41, 5.74) is 0. The predicted octanol–water partition coefficient (Wildman–Crippen LogP) is 3.20. The highest BCUT2D eigenvalue weighted by Gasteiger charge is 2.22. The summed E-state index contributed by atoms with van der Waals surface area (Å²) in [6, 6.07) is 5.93. The van der Waals surface area contributed by atoms with Crippen molar-refractivity contribution in [2.45, 2.75) is 19.6 Å². The third-order valence-electron chi connectivity index (χ3n) is 2.80. The summed E-state index contributed by atoms with van der Waals surface area (Å²) in [4.78, 5) is 1.13. The molecule has 0 aliphatic heterocycles. The van der Waals surface area contributed by atoms with Crippen LogP contribution in [0.5, 0.6) is 5.75 Å². The van der Waals surface area contributed by atoms with Gasteiger partial charge >= 0.3 is 0 Å². The van der Waals surface area contributed by atoms with E-state index in [0.29, 0.717) is 6.61 Å². The molecule has 1 unspecified atom stereocenters. The van der Waals surface area contributed by atoms with Crippen LogP contribution in [0.15, 0.2) is 28.0 Å². The Morgan fingerprint density at radius 2 is 2.16 bits per heavy atom. The van der Waals surface area contributed by atoms with Crippen molar-refractivity contribution < 1.29 is 13.9 Å².